The number of thiophene rings is 1. The summed E-state index contributed by atoms with van der Waals surface area (Å²) in [6.45, 7) is 6.20. The Bertz CT molecular complexity index is 1090. The molecule has 0 N–H and O–H groups in total. The number of benzene rings is 2. The Morgan fingerprint density at radius 2 is 1.89 bits per heavy atom. The molecule has 0 fully saturated rings. The van der Waals surface area contributed by atoms with Crippen molar-refractivity contribution in [3.8, 4) is 10.4 Å². The number of rotatable bonds is 6. The van der Waals surface area contributed by atoms with Crippen LogP contribution in [0.3, 0.4) is 0 Å². The van der Waals surface area contributed by atoms with Crippen LogP contribution in [0.2, 0.25) is 0 Å². The molecule has 142 valence electrons. The molecule has 1 aliphatic heterocycles. The molecule has 0 spiro atoms. The van der Waals surface area contributed by atoms with Gasteiger partial charge in [-0.3, -0.25) is 9.79 Å². The molecule has 0 saturated heterocycles. The normalized spacial score (nSPS) is 13.1. The van der Waals surface area contributed by atoms with E-state index in [1.165, 1.54) is 20.5 Å². The first-order valence-electron chi connectivity index (χ1n) is 9.51. The average Bonchev–Trinajstić information content (AvgIpc) is 3.25. The van der Waals surface area contributed by atoms with Crippen LogP contribution in [-0.4, -0.2) is 17.8 Å². The van der Waals surface area contributed by atoms with Crippen molar-refractivity contribution in [3.05, 3.63) is 59.2 Å². The van der Waals surface area contributed by atoms with E-state index < -0.39 is 0 Å². The van der Waals surface area contributed by atoms with Crippen LogP contribution in [0.15, 0.2) is 47.5 Å². The molecular weight excluding hydrogens is 366 g/mol. The summed E-state index contributed by atoms with van der Waals surface area (Å²) in [5, 5.41) is 1.22. The Kier molecular flexibility index (Phi) is 4.76. The Balaban J connectivity index is 1.74. The van der Waals surface area contributed by atoms with Crippen molar-refractivity contribution in [2.75, 3.05) is 0 Å². The van der Waals surface area contributed by atoms with Gasteiger partial charge < -0.3 is 4.79 Å². The topological polar surface area (TPSA) is 46.5 Å². The van der Waals surface area contributed by atoms with Crippen LogP contribution in [0.25, 0.3) is 20.5 Å². The summed E-state index contributed by atoms with van der Waals surface area (Å²) >= 11 is 1.75. The van der Waals surface area contributed by atoms with Crippen molar-refractivity contribution in [3.63, 3.8) is 0 Å². The molecule has 0 bridgehead atoms. The molecule has 4 rings (SSSR count). The van der Waals surface area contributed by atoms with Crippen LogP contribution in [-0.2, 0) is 11.3 Å². The van der Waals surface area contributed by atoms with Crippen LogP contribution in [0, 0.1) is 5.41 Å². The summed E-state index contributed by atoms with van der Waals surface area (Å²) in [4.78, 5) is 30.2. The van der Waals surface area contributed by atoms with Gasteiger partial charge in [-0.05, 0) is 58.7 Å². The number of Topliss-reactive ketones (excluding diaryl/α,β-unsaturated/α-hetero) is 2. The van der Waals surface area contributed by atoms with Gasteiger partial charge in [0.25, 0.3) is 0 Å². The second-order valence-electron chi connectivity index (χ2n) is 8.35. The summed E-state index contributed by atoms with van der Waals surface area (Å²) in [6, 6.07) is 14.5. The number of hydrogen-bond donors (Lipinski definition) is 0. The number of fused-ring (bicyclic) bond motifs is 2. The van der Waals surface area contributed by atoms with Gasteiger partial charge in [0.1, 0.15) is 5.78 Å². The van der Waals surface area contributed by atoms with E-state index in [9.17, 15) is 9.59 Å². The maximum Gasteiger partial charge on any atom is 0.163 e. The van der Waals surface area contributed by atoms with E-state index in [2.05, 4.69) is 23.2 Å². The van der Waals surface area contributed by atoms with Crippen molar-refractivity contribution in [2.45, 2.75) is 40.2 Å². The third-order valence-corrected chi connectivity index (χ3v) is 6.29. The van der Waals surface area contributed by atoms with Gasteiger partial charge in [-0.25, -0.2) is 0 Å². The van der Waals surface area contributed by atoms with E-state index in [0.717, 1.165) is 11.1 Å². The van der Waals surface area contributed by atoms with E-state index >= 15 is 0 Å². The molecule has 0 atom stereocenters. The van der Waals surface area contributed by atoms with Gasteiger partial charge in [-0.15, -0.1) is 11.3 Å². The fourth-order valence-corrected chi connectivity index (χ4v) is 5.10. The summed E-state index contributed by atoms with van der Waals surface area (Å²) in [5.41, 5.74) is 3.68. The molecule has 2 heterocycles. The molecule has 0 saturated carbocycles. The number of nitrogens with zero attached hydrogens (tertiary/aromatic N) is 1. The summed E-state index contributed by atoms with van der Waals surface area (Å²) in [6.07, 6.45) is 2.63. The lowest BCUT2D eigenvalue weighted by atomic mass is 9.81. The Morgan fingerprint density at radius 1 is 1.11 bits per heavy atom. The largest absolute Gasteiger partial charge is 0.300 e. The third-order valence-electron chi connectivity index (χ3n) is 5.14. The molecule has 2 aromatic carbocycles. The van der Waals surface area contributed by atoms with E-state index in [1.54, 1.807) is 18.3 Å². The zero-order valence-corrected chi connectivity index (χ0v) is 17.2. The minimum absolute atomic E-state index is 0.0803. The van der Waals surface area contributed by atoms with Gasteiger partial charge >= 0.3 is 0 Å². The number of aliphatic imine (C=N–C) groups is 1. The minimum atomic E-state index is -0.339. The van der Waals surface area contributed by atoms with Crippen molar-refractivity contribution < 1.29 is 9.59 Å². The van der Waals surface area contributed by atoms with E-state index in [4.69, 9.17) is 0 Å². The molecule has 4 heteroatoms. The van der Waals surface area contributed by atoms with Crippen molar-refractivity contribution >= 4 is 39.2 Å². The summed E-state index contributed by atoms with van der Waals surface area (Å²) < 4.78 is 1.24. The average molecular weight is 390 g/mol. The first kappa shape index (κ1) is 18.8. The zero-order valence-electron chi connectivity index (χ0n) is 16.4. The van der Waals surface area contributed by atoms with E-state index in [-0.39, 0.29) is 17.0 Å². The monoisotopic (exact) mass is 389 g/mol. The van der Waals surface area contributed by atoms with Gasteiger partial charge in [-0.1, -0.05) is 32.0 Å². The number of ketones is 2. The molecule has 1 aliphatic rings. The fourth-order valence-electron chi connectivity index (χ4n) is 3.99. The van der Waals surface area contributed by atoms with Crippen LogP contribution < -0.4 is 0 Å². The highest BCUT2D eigenvalue weighted by Crippen LogP contribution is 2.38. The van der Waals surface area contributed by atoms with Gasteiger partial charge in [-0.2, -0.15) is 0 Å². The van der Waals surface area contributed by atoms with Crippen molar-refractivity contribution in [2.24, 2.45) is 10.4 Å². The zero-order chi connectivity index (χ0) is 19.9. The van der Waals surface area contributed by atoms with Gasteiger partial charge in [0.05, 0.1) is 6.54 Å². The van der Waals surface area contributed by atoms with Crippen LogP contribution >= 0.6 is 11.3 Å². The van der Waals surface area contributed by atoms with Crippen LogP contribution in [0.4, 0.5) is 0 Å². The molecule has 3 aromatic rings. The molecule has 1 aromatic heterocycles. The Morgan fingerprint density at radius 3 is 2.64 bits per heavy atom. The smallest absolute Gasteiger partial charge is 0.163 e. The number of carbonyl (C=O) groups excluding carboxylic acids is 2. The van der Waals surface area contributed by atoms with E-state index in [1.807, 2.05) is 44.3 Å². The first-order valence-corrected chi connectivity index (χ1v) is 10.3. The molecular formula is C24H23NO2S. The van der Waals surface area contributed by atoms with Gasteiger partial charge in [0.2, 0.25) is 0 Å². The predicted octanol–water partition coefficient (Wildman–Crippen LogP) is 6.08. The number of hydrogen-bond acceptors (Lipinski definition) is 4. The van der Waals surface area contributed by atoms with Gasteiger partial charge in [0, 0.05) is 34.2 Å². The minimum Gasteiger partial charge on any atom is -0.300 e. The van der Waals surface area contributed by atoms with E-state index in [0.29, 0.717) is 24.9 Å². The fraction of sp³-hybridized carbons (Fsp3) is 0.292. The molecule has 0 aliphatic carbocycles. The van der Waals surface area contributed by atoms with Crippen molar-refractivity contribution in [1.82, 2.24) is 0 Å². The quantitative estimate of drug-likeness (QED) is 0.480. The lowest BCUT2D eigenvalue weighted by molar-refractivity contribution is -0.118. The second kappa shape index (κ2) is 7.10. The first-order chi connectivity index (χ1) is 13.3. The lowest BCUT2D eigenvalue weighted by Gasteiger charge is -2.22. The molecule has 3 nitrogen and oxygen atoms in total. The maximum absolute atomic E-state index is 13.0. The highest BCUT2D eigenvalue weighted by Gasteiger charge is 2.26. The molecule has 28 heavy (non-hydrogen) atoms. The highest BCUT2D eigenvalue weighted by molar-refractivity contribution is 7.22. The Labute approximate surface area is 169 Å². The molecule has 0 amide bonds. The van der Waals surface area contributed by atoms with Crippen LogP contribution in [0.5, 0.6) is 0 Å². The predicted molar refractivity (Wildman–Crippen MR) is 117 cm³/mol. The standard InChI is InChI=1S/C24H23NO2S/c1-15(26)11-24(2,3)12-21(27)17-8-18-13-25-14-20(18)19(9-17)23-10-16-6-4-5-7-22(16)28-23/h4-10,13H,11-12,14H2,1-3H3. The van der Waals surface area contributed by atoms with Gasteiger partial charge in [0.15, 0.2) is 5.78 Å². The summed E-state index contributed by atoms with van der Waals surface area (Å²) in [7, 11) is 0. The second-order valence-corrected chi connectivity index (χ2v) is 9.44. The number of carbonyl (C=O) groups is 2. The lowest BCUT2D eigenvalue weighted by Crippen LogP contribution is -2.20. The third kappa shape index (κ3) is 3.69. The SMILES string of the molecule is CC(=O)CC(C)(C)CC(=O)c1cc2c(c(-c3cc4ccccc4s3)c1)CN=C2. The Hall–Kier alpha value is -2.59. The summed E-state index contributed by atoms with van der Waals surface area (Å²) in [5.74, 6) is 0.196. The van der Waals surface area contributed by atoms with Crippen LogP contribution in [0.1, 0.15) is 55.1 Å². The molecule has 0 unspecified atom stereocenters. The van der Waals surface area contributed by atoms with Crippen molar-refractivity contribution in [1.29, 1.82) is 0 Å². The molecule has 0 radical (unpaired) electrons. The highest BCUT2D eigenvalue weighted by atomic mass is 32.1. The maximum atomic E-state index is 13.0.